The third-order valence-corrected chi connectivity index (χ3v) is 1.95. The molecule has 4 N–H and O–H groups in total. The fourth-order valence-electron chi connectivity index (χ4n) is 1.18. The molecule has 0 aliphatic rings. The molecule has 0 aliphatic heterocycles. The molecule has 1 rings (SSSR count). The van der Waals surface area contributed by atoms with Gasteiger partial charge in [0.05, 0.1) is 11.5 Å². The van der Waals surface area contributed by atoms with Crippen molar-refractivity contribution in [3.63, 3.8) is 0 Å². The highest BCUT2D eigenvalue weighted by atomic mass is 16.6. The maximum atomic E-state index is 10.6. The largest absolute Gasteiger partial charge is 0.393 e. The molecular weight excluding hydrogens is 208 g/mol. The van der Waals surface area contributed by atoms with Crippen LogP contribution in [0.3, 0.4) is 0 Å². The van der Waals surface area contributed by atoms with E-state index in [0.29, 0.717) is 12.1 Å². The van der Waals surface area contributed by atoms with Crippen molar-refractivity contribution in [2.24, 2.45) is 10.7 Å². The first-order valence-corrected chi connectivity index (χ1v) is 4.52. The van der Waals surface area contributed by atoms with Crippen molar-refractivity contribution < 1.29 is 4.92 Å². The van der Waals surface area contributed by atoms with E-state index in [2.05, 4.69) is 11.6 Å². The van der Waals surface area contributed by atoms with Crippen molar-refractivity contribution in [2.75, 3.05) is 12.3 Å². The monoisotopic (exact) mass is 220 g/mol. The number of nitro groups is 1. The van der Waals surface area contributed by atoms with E-state index in [-0.39, 0.29) is 17.2 Å². The molecule has 0 bridgehead atoms. The van der Waals surface area contributed by atoms with Gasteiger partial charge in [-0.2, -0.15) is 0 Å². The number of rotatable bonds is 4. The summed E-state index contributed by atoms with van der Waals surface area (Å²) in [6.45, 7) is 3.83. The average molecular weight is 220 g/mol. The standard InChI is InChI=1S/C10H12N4O2/c1-2-6-13-10(12)7-4-3-5-8(9(7)11)14(15)16/h2-5H,1,6,11H2,(H2,12,13). The van der Waals surface area contributed by atoms with E-state index in [1.807, 2.05) is 0 Å². The Morgan fingerprint density at radius 2 is 2.31 bits per heavy atom. The molecule has 1 aromatic rings. The Labute approximate surface area is 92.4 Å². The maximum absolute atomic E-state index is 10.6. The van der Waals surface area contributed by atoms with E-state index >= 15 is 0 Å². The number of hydrogen-bond acceptors (Lipinski definition) is 4. The first kappa shape index (κ1) is 11.7. The minimum Gasteiger partial charge on any atom is -0.393 e. The summed E-state index contributed by atoms with van der Waals surface area (Å²) >= 11 is 0. The second kappa shape index (κ2) is 4.92. The zero-order valence-electron chi connectivity index (χ0n) is 8.59. The van der Waals surface area contributed by atoms with Gasteiger partial charge in [0.15, 0.2) is 0 Å². The van der Waals surface area contributed by atoms with Crippen molar-refractivity contribution in [3.8, 4) is 0 Å². The minimum absolute atomic E-state index is 0.0258. The van der Waals surface area contributed by atoms with Gasteiger partial charge in [-0.25, -0.2) is 0 Å². The molecule has 6 heteroatoms. The molecular formula is C10H12N4O2. The molecule has 0 aliphatic carbocycles. The highest BCUT2D eigenvalue weighted by molar-refractivity contribution is 6.03. The SMILES string of the molecule is C=CCN=C(N)c1cccc([N+](=O)[O-])c1N. The lowest BCUT2D eigenvalue weighted by molar-refractivity contribution is -0.383. The minimum atomic E-state index is -0.556. The predicted molar refractivity (Wildman–Crippen MR) is 63.3 cm³/mol. The normalized spacial score (nSPS) is 11.1. The van der Waals surface area contributed by atoms with Crippen LogP contribution in [0.15, 0.2) is 35.8 Å². The van der Waals surface area contributed by atoms with Crippen LogP contribution in [0.4, 0.5) is 11.4 Å². The Morgan fingerprint density at radius 1 is 1.62 bits per heavy atom. The number of nitrogens with two attached hydrogens (primary N) is 2. The van der Waals surface area contributed by atoms with E-state index in [0.717, 1.165) is 0 Å². The third-order valence-electron chi connectivity index (χ3n) is 1.95. The number of para-hydroxylation sites is 1. The summed E-state index contributed by atoms with van der Waals surface area (Å²) in [6.07, 6.45) is 1.57. The molecule has 6 nitrogen and oxygen atoms in total. The second-order valence-corrected chi connectivity index (χ2v) is 3.01. The number of amidine groups is 1. The Kier molecular flexibility index (Phi) is 3.60. The summed E-state index contributed by atoms with van der Waals surface area (Å²) < 4.78 is 0. The van der Waals surface area contributed by atoms with Gasteiger partial charge in [0, 0.05) is 11.6 Å². The number of benzene rings is 1. The number of aliphatic imine (C=N–C) groups is 1. The van der Waals surface area contributed by atoms with Crippen molar-refractivity contribution in [1.29, 1.82) is 0 Å². The molecule has 0 saturated heterocycles. The summed E-state index contributed by atoms with van der Waals surface area (Å²) in [4.78, 5) is 14.0. The van der Waals surface area contributed by atoms with Gasteiger partial charge < -0.3 is 11.5 Å². The van der Waals surface area contributed by atoms with Gasteiger partial charge in [-0.05, 0) is 6.07 Å². The van der Waals surface area contributed by atoms with Crippen LogP contribution in [0.1, 0.15) is 5.56 Å². The Hall–Kier alpha value is -2.37. The lowest BCUT2D eigenvalue weighted by atomic mass is 10.1. The molecule has 0 unspecified atom stereocenters. The molecule has 0 saturated carbocycles. The van der Waals surface area contributed by atoms with Crippen molar-refractivity contribution in [2.45, 2.75) is 0 Å². The van der Waals surface area contributed by atoms with Crippen LogP contribution >= 0.6 is 0 Å². The molecule has 0 fully saturated rings. The summed E-state index contributed by atoms with van der Waals surface area (Å²) in [7, 11) is 0. The number of nitrogen functional groups attached to an aromatic ring is 1. The van der Waals surface area contributed by atoms with E-state index in [1.54, 1.807) is 12.1 Å². The van der Waals surface area contributed by atoms with Gasteiger partial charge in [0.25, 0.3) is 5.69 Å². The summed E-state index contributed by atoms with van der Waals surface area (Å²) in [6, 6.07) is 4.42. The highest BCUT2D eigenvalue weighted by Gasteiger charge is 2.15. The predicted octanol–water partition coefficient (Wildman–Crippen LogP) is 1.07. The summed E-state index contributed by atoms with van der Waals surface area (Å²) in [5, 5.41) is 10.6. The van der Waals surface area contributed by atoms with E-state index < -0.39 is 4.92 Å². The topological polar surface area (TPSA) is 108 Å². The van der Waals surface area contributed by atoms with E-state index in [1.165, 1.54) is 12.1 Å². The van der Waals surface area contributed by atoms with Gasteiger partial charge in [-0.1, -0.05) is 12.1 Å². The van der Waals surface area contributed by atoms with Gasteiger partial charge in [-0.15, -0.1) is 6.58 Å². The molecule has 16 heavy (non-hydrogen) atoms. The van der Waals surface area contributed by atoms with Crippen LogP contribution in [0.25, 0.3) is 0 Å². The molecule has 0 atom stereocenters. The fraction of sp³-hybridized carbons (Fsp3) is 0.100. The number of nitrogens with zero attached hydrogens (tertiary/aromatic N) is 2. The van der Waals surface area contributed by atoms with Crippen molar-refractivity contribution >= 4 is 17.2 Å². The molecule has 0 heterocycles. The average Bonchev–Trinajstić information content (AvgIpc) is 2.25. The third kappa shape index (κ3) is 2.35. The Bertz CT molecular complexity index is 454. The smallest absolute Gasteiger partial charge is 0.292 e. The lowest BCUT2D eigenvalue weighted by Crippen LogP contribution is -2.16. The molecule has 0 aromatic heterocycles. The zero-order chi connectivity index (χ0) is 12.1. The molecule has 84 valence electrons. The highest BCUT2D eigenvalue weighted by Crippen LogP contribution is 2.24. The Balaban J connectivity index is 3.20. The molecule has 0 spiro atoms. The first-order chi connectivity index (χ1) is 7.57. The number of nitro benzene ring substituents is 1. The van der Waals surface area contributed by atoms with Crippen molar-refractivity contribution in [3.05, 3.63) is 46.5 Å². The van der Waals surface area contributed by atoms with Crippen LogP contribution in [-0.4, -0.2) is 17.3 Å². The van der Waals surface area contributed by atoms with Crippen LogP contribution in [0, 0.1) is 10.1 Å². The van der Waals surface area contributed by atoms with Gasteiger partial charge in [0.2, 0.25) is 0 Å². The van der Waals surface area contributed by atoms with Crippen LogP contribution in [0.5, 0.6) is 0 Å². The van der Waals surface area contributed by atoms with E-state index in [9.17, 15) is 10.1 Å². The second-order valence-electron chi connectivity index (χ2n) is 3.01. The maximum Gasteiger partial charge on any atom is 0.292 e. The molecule has 0 amide bonds. The van der Waals surface area contributed by atoms with E-state index in [4.69, 9.17) is 11.5 Å². The summed E-state index contributed by atoms with van der Waals surface area (Å²) in [5.41, 5.74) is 11.5. The van der Waals surface area contributed by atoms with Crippen LogP contribution in [-0.2, 0) is 0 Å². The fourth-order valence-corrected chi connectivity index (χ4v) is 1.18. The molecule has 1 aromatic carbocycles. The van der Waals surface area contributed by atoms with Gasteiger partial charge >= 0.3 is 0 Å². The van der Waals surface area contributed by atoms with Gasteiger partial charge in [0.1, 0.15) is 11.5 Å². The quantitative estimate of drug-likeness (QED) is 0.197. The first-order valence-electron chi connectivity index (χ1n) is 4.52. The number of anilines is 1. The Morgan fingerprint density at radius 3 is 2.88 bits per heavy atom. The number of hydrogen-bond donors (Lipinski definition) is 2. The van der Waals surface area contributed by atoms with Crippen LogP contribution < -0.4 is 11.5 Å². The summed E-state index contributed by atoms with van der Waals surface area (Å²) in [5.74, 6) is 0.168. The molecule has 0 radical (unpaired) electrons. The lowest BCUT2D eigenvalue weighted by Gasteiger charge is -2.04. The zero-order valence-corrected chi connectivity index (χ0v) is 8.59. The van der Waals surface area contributed by atoms with Crippen LogP contribution in [0.2, 0.25) is 0 Å². The van der Waals surface area contributed by atoms with Gasteiger partial charge in [-0.3, -0.25) is 15.1 Å². The van der Waals surface area contributed by atoms with Crippen molar-refractivity contribution in [1.82, 2.24) is 0 Å².